The molecule has 1 aliphatic rings. The zero-order valence-corrected chi connectivity index (χ0v) is 16.1. The molecule has 0 unspecified atom stereocenters. The van der Waals surface area contributed by atoms with Gasteiger partial charge in [0, 0.05) is 18.7 Å². The molecule has 9 heteroatoms. The van der Waals surface area contributed by atoms with Crippen LogP contribution in [0, 0.1) is 5.82 Å². The van der Waals surface area contributed by atoms with Crippen LogP contribution in [0.15, 0.2) is 52.5 Å². The van der Waals surface area contributed by atoms with E-state index in [1.54, 1.807) is 6.07 Å². The Kier molecular flexibility index (Phi) is 6.05. The van der Waals surface area contributed by atoms with Crippen LogP contribution < -0.4 is 10.2 Å². The largest absolute Gasteiger partial charge is 0.494 e. The SMILES string of the molecule is COc1ccc(/C=N\NC(=O)c2cccc(S(=O)(=O)N3CCCC3)c2)cc1F. The van der Waals surface area contributed by atoms with Crippen molar-refractivity contribution in [3.8, 4) is 5.75 Å². The molecule has 28 heavy (non-hydrogen) atoms. The van der Waals surface area contributed by atoms with Crippen LogP contribution in [0.1, 0.15) is 28.8 Å². The fourth-order valence-corrected chi connectivity index (χ4v) is 4.43. The van der Waals surface area contributed by atoms with Gasteiger partial charge >= 0.3 is 0 Å². The zero-order chi connectivity index (χ0) is 20.1. The van der Waals surface area contributed by atoms with Gasteiger partial charge in [-0.15, -0.1) is 0 Å². The summed E-state index contributed by atoms with van der Waals surface area (Å²) in [5.74, 6) is -1.00. The van der Waals surface area contributed by atoms with E-state index in [4.69, 9.17) is 4.74 Å². The molecule has 0 aliphatic carbocycles. The summed E-state index contributed by atoms with van der Waals surface area (Å²) in [6.45, 7) is 0.975. The molecule has 1 aliphatic heterocycles. The van der Waals surface area contributed by atoms with E-state index in [1.807, 2.05) is 0 Å². The molecule has 3 rings (SSSR count). The molecule has 2 aromatic carbocycles. The summed E-state index contributed by atoms with van der Waals surface area (Å²) in [7, 11) is -2.24. The second kappa shape index (κ2) is 8.49. The average Bonchev–Trinajstić information content (AvgIpc) is 3.24. The number of methoxy groups -OCH3 is 1. The van der Waals surface area contributed by atoms with Crippen LogP contribution in [0.2, 0.25) is 0 Å². The van der Waals surface area contributed by atoms with E-state index in [0.29, 0.717) is 18.7 Å². The minimum atomic E-state index is -3.61. The Labute approximate surface area is 162 Å². The number of carbonyl (C=O) groups is 1. The first-order chi connectivity index (χ1) is 13.4. The third-order valence-corrected chi connectivity index (χ3v) is 6.25. The molecule has 1 heterocycles. The number of hydrazone groups is 1. The van der Waals surface area contributed by atoms with Gasteiger partial charge in [-0.25, -0.2) is 18.2 Å². The Morgan fingerprint density at radius 3 is 2.64 bits per heavy atom. The van der Waals surface area contributed by atoms with Crippen LogP contribution in [0.25, 0.3) is 0 Å². The molecule has 0 bridgehead atoms. The number of rotatable bonds is 6. The van der Waals surface area contributed by atoms with Crippen molar-refractivity contribution < 1.29 is 22.3 Å². The Morgan fingerprint density at radius 2 is 1.96 bits per heavy atom. The van der Waals surface area contributed by atoms with Gasteiger partial charge < -0.3 is 4.74 Å². The van der Waals surface area contributed by atoms with Crippen molar-refractivity contribution in [3.05, 3.63) is 59.4 Å². The average molecular weight is 405 g/mol. The fraction of sp³-hybridized carbons (Fsp3) is 0.263. The second-order valence-corrected chi connectivity index (χ2v) is 8.17. The molecule has 148 valence electrons. The van der Waals surface area contributed by atoms with E-state index in [9.17, 15) is 17.6 Å². The summed E-state index contributed by atoms with van der Waals surface area (Å²) >= 11 is 0. The maximum atomic E-state index is 13.7. The van der Waals surface area contributed by atoms with Gasteiger partial charge in [0.25, 0.3) is 5.91 Å². The van der Waals surface area contributed by atoms with Gasteiger partial charge in [-0.3, -0.25) is 4.79 Å². The molecule has 0 saturated carbocycles. The molecule has 1 amide bonds. The smallest absolute Gasteiger partial charge is 0.271 e. The Morgan fingerprint density at radius 1 is 1.21 bits per heavy atom. The van der Waals surface area contributed by atoms with Crippen LogP contribution in [0.5, 0.6) is 5.75 Å². The number of sulfonamides is 1. The number of nitrogens with zero attached hydrogens (tertiary/aromatic N) is 2. The van der Waals surface area contributed by atoms with E-state index < -0.39 is 21.7 Å². The van der Waals surface area contributed by atoms with Crippen molar-refractivity contribution >= 4 is 22.1 Å². The first-order valence-corrected chi connectivity index (χ1v) is 10.1. The fourth-order valence-electron chi connectivity index (χ4n) is 2.87. The van der Waals surface area contributed by atoms with E-state index in [0.717, 1.165) is 12.8 Å². The maximum Gasteiger partial charge on any atom is 0.271 e. The molecule has 1 saturated heterocycles. The molecule has 0 spiro atoms. The lowest BCUT2D eigenvalue weighted by molar-refractivity contribution is 0.0955. The van der Waals surface area contributed by atoms with Gasteiger partial charge in [-0.2, -0.15) is 9.41 Å². The molecule has 1 N–H and O–H groups in total. The van der Waals surface area contributed by atoms with Crippen molar-refractivity contribution in [3.63, 3.8) is 0 Å². The minimum Gasteiger partial charge on any atom is -0.494 e. The van der Waals surface area contributed by atoms with Crippen molar-refractivity contribution in [2.24, 2.45) is 5.10 Å². The lowest BCUT2D eigenvalue weighted by atomic mass is 10.2. The molecular formula is C19H20FN3O4S. The Balaban J connectivity index is 1.70. The van der Waals surface area contributed by atoms with Crippen LogP contribution in [-0.4, -0.2) is 45.0 Å². The second-order valence-electron chi connectivity index (χ2n) is 6.23. The first kappa shape index (κ1) is 20.0. The number of nitrogens with one attached hydrogen (secondary N) is 1. The molecule has 0 radical (unpaired) electrons. The Hall–Kier alpha value is -2.78. The normalized spacial score (nSPS) is 15.1. The summed E-state index contributed by atoms with van der Waals surface area (Å²) in [5.41, 5.74) is 2.91. The van der Waals surface area contributed by atoms with Crippen molar-refractivity contribution in [1.29, 1.82) is 0 Å². The van der Waals surface area contributed by atoms with Crippen molar-refractivity contribution in [1.82, 2.24) is 9.73 Å². The van der Waals surface area contributed by atoms with Gasteiger partial charge in [-0.1, -0.05) is 6.07 Å². The highest BCUT2D eigenvalue weighted by atomic mass is 32.2. The van der Waals surface area contributed by atoms with E-state index in [1.165, 1.54) is 54.0 Å². The summed E-state index contributed by atoms with van der Waals surface area (Å²) in [6.07, 6.45) is 2.95. The van der Waals surface area contributed by atoms with Crippen LogP contribution in [-0.2, 0) is 10.0 Å². The lowest BCUT2D eigenvalue weighted by Crippen LogP contribution is -2.28. The molecule has 0 aromatic heterocycles. The van der Waals surface area contributed by atoms with Gasteiger partial charge in [0.2, 0.25) is 10.0 Å². The van der Waals surface area contributed by atoms with Gasteiger partial charge in [0.1, 0.15) is 0 Å². The summed E-state index contributed by atoms with van der Waals surface area (Å²) in [4.78, 5) is 12.3. The van der Waals surface area contributed by atoms with Gasteiger partial charge in [0.15, 0.2) is 11.6 Å². The van der Waals surface area contributed by atoms with Gasteiger partial charge in [0.05, 0.1) is 18.2 Å². The number of benzene rings is 2. The zero-order valence-electron chi connectivity index (χ0n) is 15.3. The highest BCUT2D eigenvalue weighted by Gasteiger charge is 2.27. The summed E-state index contributed by atoms with van der Waals surface area (Å²) < 4.78 is 45.1. The first-order valence-electron chi connectivity index (χ1n) is 8.69. The van der Waals surface area contributed by atoms with E-state index >= 15 is 0 Å². The standard InChI is InChI=1S/C19H20FN3O4S/c1-27-18-8-7-14(11-17(18)20)13-21-22-19(24)15-5-4-6-16(12-15)28(25,26)23-9-2-3-10-23/h4-8,11-13H,2-3,9-10H2,1H3,(H,22,24)/b21-13-. The summed E-state index contributed by atoms with van der Waals surface area (Å²) in [6, 6.07) is 10.1. The maximum absolute atomic E-state index is 13.7. The number of hydrogen-bond acceptors (Lipinski definition) is 5. The Bertz CT molecular complexity index is 1000. The number of carbonyl (C=O) groups excluding carboxylic acids is 1. The third kappa shape index (κ3) is 4.37. The van der Waals surface area contributed by atoms with Crippen LogP contribution in [0.3, 0.4) is 0 Å². The van der Waals surface area contributed by atoms with Crippen molar-refractivity contribution in [2.45, 2.75) is 17.7 Å². The number of halogens is 1. The lowest BCUT2D eigenvalue weighted by Gasteiger charge is -2.15. The third-order valence-electron chi connectivity index (χ3n) is 4.35. The van der Waals surface area contributed by atoms with Crippen LogP contribution >= 0.6 is 0 Å². The minimum absolute atomic E-state index is 0.0725. The van der Waals surface area contributed by atoms with Gasteiger partial charge in [-0.05, 0) is 54.8 Å². The summed E-state index contributed by atoms with van der Waals surface area (Å²) in [5, 5.41) is 3.79. The number of ether oxygens (including phenoxy) is 1. The quantitative estimate of drug-likeness (QED) is 0.590. The predicted octanol–water partition coefficient (Wildman–Crippen LogP) is 2.38. The molecule has 7 nitrogen and oxygen atoms in total. The molecule has 0 atom stereocenters. The number of hydrogen-bond donors (Lipinski definition) is 1. The van der Waals surface area contributed by atoms with Crippen LogP contribution in [0.4, 0.5) is 4.39 Å². The highest BCUT2D eigenvalue weighted by molar-refractivity contribution is 7.89. The highest BCUT2D eigenvalue weighted by Crippen LogP contribution is 2.21. The predicted molar refractivity (Wildman–Crippen MR) is 102 cm³/mol. The molecule has 1 fully saturated rings. The monoisotopic (exact) mass is 405 g/mol. The van der Waals surface area contributed by atoms with E-state index in [-0.39, 0.29) is 16.2 Å². The molecular weight excluding hydrogens is 385 g/mol. The topological polar surface area (TPSA) is 88.1 Å². The number of amides is 1. The van der Waals surface area contributed by atoms with E-state index in [2.05, 4.69) is 10.5 Å². The van der Waals surface area contributed by atoms with Crippen molar-refractivity contribution in [2.75, 3.05) is 20.2 Å². The molecule has 2 aromatic rings.